The molecule has 26 heavy (non-hydrogen) atoms. The van der Waals surface area contributed by atoms with Gasteiger partial charge < -0.3 is 19.3 Å². The summed E-state index contributed by atoms with van der Waals surface area (Å²) < 4.78 is 16.2. The quantitative estimate of drug-likeness (QED) is 0.524. The van der Waals surface area contributed by atoms with Crippen LogP contribution in [0, 0.1) is 0 Å². The molecule has 1 unspecified atom stereocenters. The van der Waals surface area contributed by atoms with E-state index >= 15 is 0 Å². The Labute approximate surface area is 154 Å². The summed E-state index contributed by atoms with van der Waals surface area (Å²) in [6.07, 6.45) is 1.12. The van der Waals surface area contributed by atoms with Gasteiger partial charge in [-0.1, -0.05) is 42.5 Å². The number of hydrogen-bond acceptors (Lipinski definition) is 5. The zero-order chi connectivity index (χ0) is 18.2. The van der Waals surface area contributed by atoms with Crippen molar-refractivity contribution in [3.63, 3.8) is 0 Å². The van der Waals surface area contributed by atoms with E-state index in [0.29, 0.717) is 26.3 Å². The molecule has 0 radical (unpaired) electrons. The van der Waals surface area contributed by atoms with E-state index in [0.717, 1.165) is 23.6 Å². The van der Waals surface area contributed by atoms with Crippen LogP contribution in [0.15, 0.2) is 61.2 Å². The minimum atomic E-state index is -0.562. The molecule has 2 aromatic rings. The molecular formula is C21H25NO4. The molecule has 1 aliphatic rings. The summed E-state index contributed by atoms with van der Waals surface area (Å²) >= 11 is 0. The molecular weight excluding hydrogens is 330 g/mol. The largest absolute Gasteiger partial charge is 0.454 e. The van der Waals surface area contributed by atoms with Crippen LogP contribution < -0.4 is 9.47 Å². The molecule has 0 amide bonds. The number of nitrogens with zero attached hydrogens (tertiary/aromatic N) is 1. The lowest BCUT2D eigenvalue weighted by Crippen LogP contribution is -2.34. The van der Waals surface area contributed by atoms with Gasteiger partial charge in [-0.3, -0.25) is 4.90 Å². The van der Waals surface area contributed by atoms with Crippen molar-refractivity contribution in [1.82, 2.24) is 4.90 Å². The average molecular weight is 355 g/mol. The topological polar surface area (TPSA) is 51.2 Å². The lowest BCUT2D eigenvalue weighted by Gasteiger charge is -2.25. The van der Waals surface area contributed by atoms with Crippen molar-refractivity contribution < 1.29 is 19.3 Å². The second-order valence-corrected chi connectivity index (χ2v) is 6.32. The number of benzene rings is 2. The monoisotopic (exact) mass is 355 g/mol. The molecule has 0 bridgehead atoms. The number of ether oxygens (including phenoxy) is 3. The maximum absolute atomic E-state index is 10.3. The molecule has 0 saturated carbocycles. The molecule has 5 nitrogen and oxygen atoms in total. The van der Waals surface area contributed by atoms with Gasteiger partial charge in [-0.05, 0) is 23.3 Å². The summed E-state index contributed by atoms with van der Waals surface area (Å²) in [5.74, 6) is 1.55. The van der Waals surface area contributed by atoms with Crippen molar-refractivity contribution in [3.8, 4) is 11.5 Å². The first kappa shape index (κ1) is 18.5. The molecule has 5 heteroatoms. The Morgan fingerprint density at radius 3 is 2.65 bits per heavy atom. The van der Waals surface area contributed by atoms with E-state index < -0.39 is 6.10 Å². The smallest absolute Gasteiger partial charge is 0.231 e. The summed E-state index contributed by atoms with van der Waals surface area (Å²) in [6.45, 7) is 6.58. The van der Waals surface area contributed by atoms with Gasteiger partial charge in [-0.15, -0.1) is 6.58 Å². The van der Waals surface area contributed by atoms with E-state index in [9.17, 15) is 5.11 Å². The van der Waals surface area contributed by atoms with Crippen LogP contribution >= 0.6 is 0 Å². The lowest BCUT2D eigenvalue weighted by atomic mass is 10.1. The van der Waals surface area contributed by atoms with Crippen molar-refractivity contribution in [1.29, 1.82) is 0 Å². The molecule has 1 aliphatic heterocycles. The highest BCUT2D eigenvalue weighted by molar-refractivity contribution is 5.44. The highest BCUT2D eigenvalue weighted by Gasteiger charge is 2.17. The SMILES string of the molecule is C=CCOCC(O)CN(Cc1ccccc1)Cc1ccc2c(c1)OCO2. The van der Waals surface area contributed by atoms with Gasteiger partial charge in [0, 0.05) is 19.6 Å². The summed E-state index contributed by atoms with van der Waals surface area (Å²) in [4.78, 5) is 2.20. The normalized spacial score (nSPS) is 13.8. The van der Waals surface area contributed by atoms with Gasteiger partial charge in [-0.2, -0.15) is 0 Å². The minimum Gasteiger partial charge on any atom is -0.454 e. The van der Waals surface area contributed by atoms with Crippen molar-refractivity contribution >= 4 is 0 Å². The fraction of sp³-hybridized carbons (Fsp3) is 0.333. The number of aliphatic hydroxyl groups excluding tert-OH is 1. The van der Waals surface area contributed by atoms with E-state index in [4.69, 9.17) is 14.2 Å². The van der Waals surface area contributed by atoms with Crippen molar-refractivity contribution in [2.24, 2.45) is 0 Å². The maximum atomic E-state index is 10.3. The Bertz CT molecular complexity index is 704. The van der Waals surface area contributed by atoms with Gasteiger partial charge in [0.15, 0.2) is 11.5 Å². The van der Waals surface area contributed by atoms with E-state index in [1.807, 2.05) is 36.4 Å². The molecule has 1 heterocycles. The molecule has 2 aromatic carbocycles. The molecule has 138 valence electrons. The van der Waals surface area contributed by atoms with Crippen LogP contribution in [-0.4, -0.2) is 42.7 Å². The van der Waals surface area contributed by atoms with Crippen molar-refractivity contribution in [2.75, 3.05) is 26.6 Å². The second-order valence-electron chi connectivity index (χ2n) is 6.32. The molecule has 0 aliphatic carbocycles. The van der Waals surface area contributed by atoms with E-state index in [-0.39, 0.29) is 6.79 Å². The van der Waals surface area contributed by atoms with Crippen LogP contribution in [0.5, 0.6) is 11.5 Å². The molecule has 1 atom stereocenters. The fourth-order valence-corrected chi connectivity index (χ4v) is 2.96. The number of rotatable bonds is 10. The molecule has 0 saturated heterocycles. The average Bonchev–Trinajstić information content (AvgIpc) is 3.10. The third kappa shape index (κ3) is 5.33. The van der Waals surface area contributed by atoms with Gasteiger partial charge in [0.1, 0.15) is 0 Å². The minimum absolute atomic E-state index is 0.270. The predicted molar refractivity (Wildman–Crippen MR) is 100 cm³/mol. The summed E-state index contributed by atoms with van der Waals surface area (Å²) in [5.41, 5.74) is 2.32. The molecule has 1 N–H and O–H groups in total. The van der Waals surface area contributed by atoms with E-state index in [2.05, 4.69) is 23.6 Å². The highest BCUT2D eigenvalue weighted by atomic mass is 16.7. The maximum Gasteiger partial charge on any atom is 0.231 e. The van der Waals surface area contributed by atoms with Crippen LogP contribution in [0.3, 0.4) is 0 Å². The first-order valence-electron chi connectivity index (χ1n) is 8.76. The van der Waals surface area contributed by atoms with Crippen LogP contribution in [0.2, 0.25) is 0 Å². The molecule has 0 spiro atoms. The highest BCUT2D eigenvalue weighted by Crippen LogP contribution is 2.32. The molecule has 0 fully saturated rings. The standard InChI is InChI=1S/C21H25NO4/c1-2-10-24-15-19(23)14-22(12-17-6-4-3-5-7-17)13-18-8-9-20-21(11-18)26-16-25-20/h2-9,11,19,23H,1,10,12-16H2. The number of fused-ring (bicyclic) bond motifs is 1. The third-order valence-electron chi connectivity index (χ3n) is 4.11. The van der Waals surface area contributed by atoms with Gasteiger partial charge in [-0.25, -0.2) is 0 Å². The molecule has 0 aromatic heterocycles. The fourth-order valence-electron chi connectivity index (χ4n) is 2.96. The Hall–Kier alpha value is -2.34. The molecule has 3 rings (SSSR count). The Balaban J connectivity index is 1.66. The van der Waals surface area contributed by atoms with Crippen LogP contribution in [0.4, 0.5) is 0 Å². The summed E-state index contributed by atoms with van der Waals surface area (Å²) in [6, 6.07) is 16.2. The Morgan fingerprint density at radius 2 is 1.85 bits per heavy atom. The zero-order valence-corrected chi connectivity index (χ0v) is 14.8. The second kappa shape index (κ2) is 9.38. The van der Waals surface area contributed by atoms with Gasteiger partial charge in [0.2, 0.25) is 6.79 Å². The van der Waals surface area contributed by atoms with Crippen molar-refractivity contribution in [3.05, 3.63) is 72.3 Å². The predicted octanol–water partition coefficient (Wildman–Crippen LogP) is 2.98. The number of aliphatic hydroxyl groups is 1. The first-order valence-corrected chi connectivity index (χ1v) is 8.76. The van der Waals surface area contributed by atoms with E-state index in [1.54, 1.807) is 6.08 Å². The van der Waals surface area contributed by atoms with Gasteiger partial charge in [0.05, 0.1) is 19.3 Å². The Kier molecular flexibility index (Phi) is 6.66. The number of hydrogen-bond donors (Lipinski definition) is 1. The van der Waals surface area contributed by atoms with Crippen LogP contribution in [0.1, 0.15) is 11.1 Å². The first-order chi connectivity index (χ1) is 12.7. The van der Waals surface area contributed by atoms with Gasteiger partial charge >= 0.3 is 0 Å². The lowest BCUT2D eigenvalue weighted by molar-refractivity contribution is 0.0228. The van der Waals surface area contributed by atoms with Gasteiger partial charge in [0.25, 0.3) is 0 Å². The summed E-state index contributed by atoms with van der Waals surface area (Å²) in [7, 11) is 0. The third-order valence-corrected chi connectivity index (χ3v) is 4.11. The van der Waals surface area contributed by atoms with Crippen LogP contribution in [-0.2, 0) is 17.8 Å². The zero-order valence-electron chi connectivity index (χ0n) is 14.8. The van der Waals surface area contributed by atoms with Crippen LogP contribution in [0.25, 0.3) is 0 Å². The van der Waals surface area contributed by atoms with Crippen molar-refractivity contribution in [2.45, 2.75) is 19.2 Å². The van der Waals surface area contributed by atoms with E-state index in [1.165, 1.54) is 5.56 Å². The Morgan fingerprint density at radius 1 is 1.08 bits per heavy atom. The summed E-state index contributed by atoms with van der Waals surface area (Å²) in [5, 5.41) is 10.3.